The number of hydrogen-bond acceptors (Lipinski definition) is 4. The molecule has 84 valence electrons. The molecule has 0 saturated heterocycles. The zero-order valence-corrected chi connectivity index (χ0v) is 8.59. The van der Waals surface area contributed by atoms with E-state index in [1.807, 2.05) is 0 Å². The first-order valence-corrected chi connectivity index (χ1v) is 4.82. The van der Waals surface area contributed by atoms with Crippen LogP contribution in [0.15, 0.2) is 12.1 Å². The Balaban J connectivity index is 3.10. The van der Waals surface area contributed by atoms with Crippen molar-refractivity contribution < 1.29 is 19.0 Å². The van der Waals surface area contributed by atoms with Crippen LogP contribution < -0.4 is 5.73 Å². The van der Waals surface area contributed by atoms with Crippen molar-refractivity contribution in [2.45, 2.75) is 12.2 Å². The predicted octanol–water partition coefficient (Wildman–Crippen LogP) is 0.871. The van der Waals surface area contributed by atoms with Crippen molar-refractivity contribution >= 4 is 18.3 Å². The molecule has 0 fully saturated rings. The van der Waals surface area contributed by atoms with Crippen LogP contribution in [0.5, 0.6) is 0 Å². The van der Waals surface area contributed by atoms with E-state index in [4.69, 9.17) is 5.73 Å². The van der Waals surface area contributed by atoms with E-state index in [2.05, 4.69) is 12.6 Å². The van der Waals surface area contributed by atoms with Gasteiger partial charge in [-0.15, -0.1) is 0 Å². The monoisotopic (exact) mass is 235 g/mol. The van der Waals surface area contributed by atoms with Crippen LogP contribution in [0.3, 0.4) is 0 Å². The summed E-state index contributed by atoms with van der Waals surface area (Å²) >= 11 is 3.73. The van der Waals surface area contributed by atoms with E-state index < -0.39 is 23.8 Å². The Morgan fingerprint density at radius 2 is 1.87 bits per heavy atom. The molecule has 6 heteroatoms. The van der Waals surface area contributed by atoms with E-state index in [0.717, 1.165) is 12.1 Å². The third-order valence-electron chi connectivity index (χ3n) is 2.01. The molecule has 15 heavy (non-hydrogen) atoms. The van der Waals surface area contributed by atoms with Crippen LogP contribution in [0.25, 0.3) is 0 Å². The van der Waals surface area contributed by atoms with Crippen molar-refractivity contribution in [2.75, 3.05) is 11.5 Å². The second-order valence-electron chi connectivity index (χ2n) is 3.07. The van der Waals surface area contributed by atoms with Crippen LogP contribution >= 0.6 is 12.6 Å². The molecule has 0 spiro atoms. The Labute approximate surface area is 90.9 Å². The molecule has 0 bridgehead atoms. The van der Waals surface area contributed by atoms with Gasteiger partial charge in [0.2, 0.25) is 0 Å². The topological polar surface area (TPSA) is 66.5 Å². The molecule has 1 aromatic carbocycles. The molecule has 0 saturated carbocycles. The smallest absolute Gasteiger partial charge is 0.182 e. The maximum absolute atomic E-state index is 13.3. The van der Waals surface area contributed by atoms with E-state index in [1.165, 1.54) is 0 Å². The van der Waals surface area contributed by atoms with Gasteiger partial charge in [-0.2, -0.15) is 12.6 Å². The average molecular weight is 235 g/mol. The van der Waals surface area contributed by atoms with E-state index in [0.29, 0.717) is 0 Å². The lowest BCUT2D eigenvalue weighted by atomic mass is 10.0. The van der Waals surface area contributed by atoms with Gasteiger partial charge in [0.15, 0.2) is 11.6 Å². The quantitative estimate of drug-likeness (QED) is 0.464. The Hall–Kier alpha value is -0.850. The third kappa shape index (κ3) is 2.39. The molecule has 0 radical (unpaired) electrons. The number of thiol groups is 1. The largest absolute Gasteiger partial charge is 0.396 e. The predicted molar refractivity (Wildman–Crippen MR) is 55.6 cm³/mol. The lowest BCUT2D eigenvalue weighted by Gasteiger charge is -2.17. The van der Waals surface area contributed by atoms with Gasteiger partial charge < -0.3 is 15.9 Å². The first-order chi connectivity index (χ1) is 6.99. The Morgan fingerprint density at radius 1 is 1.27 bits per heavy atom. The van der Waals surface area contributed by atoms with Gasteiger partial charge in [0.1, 0.15) is 6.10 Å². The van der Waals surface area contributed by atoms with Crippen molar-refractivity contribution in [3.05, 3.63) is 29.3 Å². The van der Waals surface area contributed by atoms with E-state index in [9.17, 15) is 19.0 Å². The van der Waals surface area contributed by atoms with Gasteiger partial charge in [-0.05, 0) is 6.07 Å². The number of rotatable bonds is 3. The van der Waals surface area contributed by atoms with E-state index in [1.54, 1.807) is 0 Å². The number of benzene rings is 1. The minimum atomic E-state index is -1.52. The molecular weight excluding hydrogens is 224 g/mol. The summed E-state index contributed by atoms with van der Waals surface area (Å²) in [6.45, 7) is 0. The lowest BCUT2D eigenvalue weighted by molar-refractivity contribution is 0.0311. The highest BCUT2D eigenvalue weighted by molar-refractivity contribution is 7.80. The van der Waals surface area contributed by atoms with Crippen LogP contribution in [0.1, 0.15) is 11.7 Å². The maximum atomic E-state index is 13.3. The Kier molecular flexibility index (Phi) is 3.90. The Bertz CT molecular complexity index is 362. The molecule has 0 aromatic heterocycles. The second-order valence-corrected chi connectivity index (χ2v) is 3.43. The average Bonchev–Trinajstić information content (AvgIpc) is 2.24. The number of nitrogens with two attached hydrogens (primary N) is 1. The normalized spacial score (nSPS) is 15.0. The molecular formula is C9H11F2NO2S. The molecule has 2 unspecified atom stereocenters. The summed E-state index contributed by atoms with van der Waals surface area (Å²) < 4.78 is 26.3. The zero-order valence-electron chi connectivity index (χ0n) is 7.69. The van der Waals surface area contributed by atoms with Crippen LogP contribution in [0.2, 0.25) is 0 Å². The van der Waals surface area contributed by atoms with E-state index in [-0.39, 0.29) is 17.0 Å². The van der Waals surface area contributed by atoms with Crippen LogP contribution in [-0.2, 0) is 0 Å². The summed E-state index contributed by atoms with van der Waals surface area (Å²) in [6, 6.07) is 2.26. The molecule has 0 aliphatic rings. The number of aliphatic hydroxyl groups excluding tert-OH is 2. The van der Waals surface area contributed by atoms with Gasteiger partial charge in [-0.25, -0.2) is 8.78 Å². The third-order valence-corrected chi connectivity index (χ3v) is 2.39. The molecule has 2 atom stereocenters. The second kappa shape index (κ2) is 4.78. The molecule has 4 N–H and O–H groups in total. The number of halogens is 2. The molecule has 0 heterocycles. The first kappa shape index (κ1) is 12.2. The van der Waals surface area contributed by atoms with Gasteiger partial charge in [0.05, 0.1) is 11.8 Å². The van der Waals surface area contributed by atoms with Gasteiger partial charge in [0.25, 0.3) is 0 Å². The molecule has 0 aliphatic heterocycles. The summed E-state index contributed by atoms with van der Waals surface area (Å²) in [5.74, 6) is -2.53. The number of anilines is 1. The maximum Gasteiger partial charge on any atom is 0.182 e. The first-order valence-electron chi connectivity index (χ1n) is 4.19. The Morgan fingerprint density at radius 3 is 2.40 bits per heavy atom. The molecule has 0 amide bonds. The summed E-state index contributed by atoms with van der Waals surface area (Å²) in [5.41, 5.74) is 4.45. The minimum Gasteiger partial charge on any atom is -0.396 e. The van der Waals surface area contributed by atoms with Crippen molar-refractivity contribution in [1.29, 1.82) is 0 Å². The van der Waals surface area contributed by atoms with E-state index >= 15 is 0 Å². The molecule has 1 rings (SSSR count). The fraction of sp³-hybridized carbons (Fsp3) is 0.333. The summed E-state index contributed by atoms with van der Waals surface area (Å²) in [7, 11) is 0. The molecule has 3 nitrogen and oxygen atoms in total. The number of nitrogen functional groups attached to an aromatic ring is 1. The lowest BCUT2D eigenvalue weighted by Crippen LogP contribution is -2.21. The zero-order chi connectivity index (χ0) is 11.6. The molecule has 0 aliphatic carbocycles. The minimum absolute atomic E-state index is 0.0629. The number of hydrogen-bond donors (Lipinski definition) is 4. The van der Waals surface area contributed by atoms with Gasteiger partial charge in [-0.1, -0.05) is 6.07 Å². The standard InChI is InChI=1S/C9H11F2NO2S/c10-7-4(9(14)6(13)3-15)1-2-5(12)8(7)11/h1-2,6,9,13-15H,3,12H2. The van der Waals surface area contributed by atoms with Crippen LogP contribution in [-0.4, -0.2) is 22.1 Å². The van der Waals surface area contributed by atoms with Gasteiger partial charge in [-0.3, -0.25) is 0 Å². The van der Waals surface area contributed by atoms with Crippen LogP contribution in [0.4, 0.5) is 14.5 Å². The summed E-state index contributed by atoms with van der Waals surface area (Å²) in [4.78, 5) is 0. The van der Waals surface area contributed by atoms with Crippen molar-refractivity contribution in [3.8, 4) is 0 Å². The van der Waals surface area contributed by atoms with Crippen molar-refractivity contribution in [1.82, 2.24) is 0 Å². The highest BCUT2D eigenvalue weighted by Crippen LogP contribution is 2.25. The van der Waals surface area contributed by atoms with Crippen molar-refractivity contribution in [3.63, 3.8) is 0 Å². The van der Waals surface area contributed by atoms with Crippen LogP contribution in [0, 0.1) is 11.6 Å². The van der Waals surface area contributed by atoms with Gasteiger partial charge in [0, 0.05) is 11.3 Å². The summed E-state index contributed by atoms with van der Waals surface area (Å²) in [6.07, 6.45) is -2.77. The van der Waals surface area contributed by atoms with Gasteiger partial charge >= 0.3 is 0 Å². The molecule has 1 aromatic rings. The highest BCUT2D eigenvalue weighted by atomic mass is 32.1. The number of aliphatic hydroxyl groups is 2. The fourth-order valence-electron chi connectivity index (χ4n) is 1.11. The highest BCUT2D eigenvalue weighted by Gasteiger charge is 2.23. The fourth-order valence-corrected chi connectivity index (χ4v) is 1.31. The summed E-state index contributed by atoms with van der Waals surface area (Å²) in [5, 5.41) is 18.7. The van der Waals surface area contributed by atoms with Crippen molar-refractivity contribution in [2.24, 2.45) is 0 Å². The SMILES string of the molecule is Nc1ccc(C(O)C(O)CS)c(F)c1F.